The van der Waals surface area contributed by atoms with Crippen molar-refractivity contribution in [1.29, 1.82) is 0 Å². The molecule has 0 radical (unpaired) electrons. The van der Waals surface area contributed by atoms with Crippen molar-refractivity contribution in [2.24, 2.45) is 0 Å². The van der Waals surface area contributed by atoms with Gasteiger partial charge in [0.2, 0.25) is 0 Å². The Kier molecular flexibility index (Phi) is 7.90. The number of nitrogens with one attached hydrogen (secondary N) is 1. The van der Waals surface area contributed by atoms with Gasteiger partial charge in [0, 0.05) is 25.7 Å². The fourth-order valence-electron chi connectivity index (χ4n) is 2.80. The predicted octanol–water partition coefficient (Wildman–Crippen LogP) is 2.54. The number of unbranched alkanes of at least 4 members (excludes halogenated alkanes) is 2. The van der Waals surface area contributed by atoms with Gasteiger partial charge in [-0.25, -0.2) is 4.79 Å². The lowest BCUT2D eigenvalue weighted by Gasteiger charge is -2.31. The van der Waals surface area contributed by atoms with E-state index < -0.39 is 0 Å². The van der Waals surface area contributed by atoms with Gasteiger partial charge in [0.25, 0.3) is 0 Å². The van der Waals surface area contributed by atoms with Gasteiger partial charge in [0.1, 0.15) is 6.61 Å². The summed E-state index contributed by atoms with van der Waals surface area (Å²) in [5.74, 6) is 0. The highest BCUT2D eigenvalue weighted by molar-refractivity contribution is 5.67. The molecule has 1 aliphatic rings. The van der Waals surface area contributed by atoms with Crippen molar-refractivity contribution in [2.75, 3.05) is 26.2 Å². The largest absolute Gasteiger partial charge is 0.445 e. The average molecular weight is 320 g/mol. The summed E-state index contributed by atoms with van der Waals surface area (Å²) in [4.78, 5) is 13.9. The van der Waals surface area contributed by atoms with Crippen LogP contribution in [0.25, 0.3) is 0 Å². The Balaban J connectivity index is 1.59. The van der Waals surface area contributed by atoms with Crippen molar-refractivity contribution < 1.29 is 14.6 Å². The third-order valence-corrected chi connectivity index (χ3v) is 4.23. The quantitative estimate of drug-likeness (QED) is 0.723. The fraction of sp³-hybridized carbons (Fsp3) is 0.611. The van der Waals surface area contributed by atoms with E-state index in [-0.39, 0.29) is 12.7 Å². The Morgan fingerprint density at radius 2 is 1.91 bits per heavy atom. The van der Waals surface area contributed by atoms with Gasteiger partial charge in [-0.05, 0) is 44.2 Å². The first-order chi connectivity index (χ1) is 11.3. The molecule has 23 heavy (non-hydrogen) atoms. The molecule has 0 aliphatic carbocycles. The number of likely N-dealkylation sites (tertiary alicyclic amines) is 1. The molecule has 0 aromatic heterocycles. The van der Waals surface area contributed by atoms with E-state index in [0.717, 1.165) is 57.3 Å². The van der Waals surface area contributed by atoms with Crippen LogP contribution in [0.2, 0.25) is 0 Å². The van der Waals surface area contributed by atoms with E-state index in [1.54, 1.807) is 4.90 Å². The second-order valence-corrected chi connectivity index (χ2v) is 6.04. The molecule has 128 valence electrons. The molecular weight excluding hydrogens is 292 g/mol. The number of aliphatic hydroxyl groups excluding tert-OH is 1. The van der Waals surface area contributed by atoms with Crippen molar-refractivity contribution >= 4 is 6.09 Å². The van der Waals surface area contributed by atoms with Gasteiger partial charge >= 0.3 is 6.09 Å². The zero-order valence-electron chi connectivity index (χ0n) is 13.7. The maximum Gasteiger partial charge on any atom is 0.410 e. The molecule has 5 nitrogen and oxygen atoms in total. The number of rotatable bonds is 8. The van der Waals surface area contributed by atoms with Crippen LogP contribution in [0.15, 0.2) is 30.3 Å². The Morgan fingerprint density at radius 1 is 1.17 bits per heavy atom. The average Bonchev–Trinajstić information content (AvgIpc) is 2.61. The Bertz CT molecular complexity index is 445. The molecule has 1 aromatic carbocycles. The lowest BCUT2D eigenvalue weighted by molar-refractivity contribution is 0.0853. The van der Waals surface area contributed by atoms with Crippen molar-refractivity contribution in [3.63, 3.8) is 0 Å². The Morgan fingerprint density at radius 3 is 2.61 bits per heavy atom. The number of aliphatic hydroxyl groups is 1. The minimum atomic E-state index is -0.213. The number of hydrogen-bond donors (Lipinski definition) is 2. The molecule has 2 N–H and O–H groups in total. The van der Waals surface area contributed by atoms with Gasteiger partial charge in [0.05, 0.1) is 0 Å². The van der Waals surface area contributed by atoms with Crippen LogP contribution >= 0.6 is 0 Å². The summed E-state index contributed by atoms with van der Waals surface area (Å²) in [5, 5.41) is 12.3. The molecule has 2 rings (SSSR count). The van der Waals surface area contributed by atoms with Gasteiger partial charge < -0.3 is 20.1 Å². The standard InChI is InChI=1S/C18H28N2O3/c21-14-6-2-5-11-19-17-9-12-20(13-10-17)18(22)23-15-16-7-3-1-4-8-16/h1,3-4,7-8,17,19,21H,2,5-6,9-15H2. The molecule has 1 aromatic rings. The van der Waals surface area contributed by atoms with Gasteiger partial charge in [-0.3, -0.25) is 0 Å². The lowest BCUT2D eigenvalue weighted by atomic mass is 10.1. The van der Waals surface area contributed by atoms with Crippen molar-refractivity contribution in [1.82, 2.24) is 10.2 Å². The first kappa shape index (κ1) is 17.8. The van der Waals surface area contributed by atoms with E-state index in [1.807, 2.05) is 30.3 Å². The molecule has 1 fully saturated rings. The second-order valence-electron chi connectivity index (χ2n) is 6.04. The fourth-order valence-corrected chi connectivity index (χ4v) is 2.80. The summed E-state index contributed by atoms with van der Waals surface area (Å²) in [5.41, 5.74) is 1.01. The Labute approximate surface area is 138 Å². The number of ether oxygens (including phenoxy) is 1. The molecule has 1 saturated heterocycles. The van der Waals surface area contributed by atoms with Crippen LogP contribution in [0.3, 0.4) is 0 Å². The molecule has 1 aliphatic heterocycles. The normalized spacial score (nSPS) is 15.6. The first-order valence-electron chi connectivity index (χ1n) is 8.59. The number of carbonyl (C=O) groups is 1. The molecule has 0 bridgehead atoms. The highest BCUT2D eigenvalue weighted by atomic mass is 16.6. The van der Waals surface area contributed by atoms with Crippen molar-refractivity contribution in [2.45, 2.75) is 44.8 Å². The van der Waals surface area contributed by atoms with Crippen molar-refractivity contribution in [3.05, 3.63) is 35.9 Å². The summed E-state index contributed by atoms with van der Waals surface area (Å²) >= 11 is 0. The summed E-state index contributed by atoms with van der Waals surface area (Å²) in [6.45, 7) is 3.11. The molecule has 1 heterocycles. The molecule has 0 saturated carbocycles. The van der Waals surface area contributed by atoms with Crippen LogP contribution in [0, 0.1) is 0 Å². The number of hydrogen-bond acceptors (Lipinski definition) is 4. The smallest absolute Gasteiger partial charge is 0.410 e. The van der Waals surface area contributed by atoms with E-state index in [0.29, 0.717) is 12.6 Å². The van der Waals surface area contributed by atoms with Crippen molar-refractivity contribution in [3.8, 4) is 0 Å². The molecular formula is C18H28N2O3. The van der Waals surface area contributed by atoms with Gasteiger partial charge in [0.15, 0.2) is 0 Å². The summed E-state index contributed by atoms with van der Waals surface area (Å²) in [6.07, 6.45) is 4.78. The predicted molar refractivity (Wildman–Crippen MR) is 90.2 cm³/mol. The summed E-state index contributed by atoms with van der Waals surface area (Å²) in [7, 11) is 0. The Hall–Kier alpha value is -1.59. The van der Waals surface area contributed by atoms with Crippen LogP contribution in [0.5, 0.6) is 0 Å². The van der Waals surface area contributed by atoms with Crippen LogP contribution in [0.4, 0.5) is 4.79 Å². The van der Waals surface area contributed by atoms with Crippen LogP contribution in [0.1, 0.15) is 37.7 Å². The monoisotopic (exact) mass is 320 g/mol. The van der Waals surface area contributed by atoms with Crippen LogP contribution in [-0.2, 0) is 11.3 Å². The van der Waals surface area contributed by atoms with E-state index in [2.05, 4.69) is 5.32 Å². The van der Waals surface area contributed by atoms with Gasteiger partial charge in [-0.1, -0.05) is 30.3 Å². The molecule has 5 heteroatoms. The third kappa shape index (κ3) is 6.59. The number of piperidine rings is 1. The second kappa shape index (κ2) is 10.2. The summed E-state index contributed by atoms with van der Waals surface area (Å²) in [6, 6.07) is 10.2. The van der Waals surface area contributed by atoms with E-state index in [4.69, 9.17) is 9.84 Å². The van der Waals surface area contributed by atoms with Crippen LogP contribution < -0.4 is 5.32 Å². The maximum absolute atomic E-state index is 12.1. The number of amides is 1. The minimum Gasteiger partial charge on any atom is -0.445 e. The number of benzene rings is 1. The first-order valence-corrected chi connectivity index (χ1v) is 8.59. The van der Waals surface area contributed by atoms with E-state index >= 15 is 0 Å². The number of nitrogens with zero attached hydrogens (tertiary/aromatic N) is 1. The zero-order chi connectivity index (χ0) is 16.3. The maximum atomic E-state index is 12.1. The van der Waals surface area contributed by atoms with E-state index in [1.165, 1.54) is 0 Å². The summed E-state index contributed by atoms with van der Waals surface area (Å²) < 4.78 is 5.37. The van der Waals surface area contributed by atoms with Gasteiger partial charge in [-0.15, -0.1) is 0 Å². The minimum absolute atomic E-state index is 0.213. The zero-order valence-corrected chi connectivity index (χ0v) is 13.7. The molecule has 0 atom stereocenters. The lowest BCUT2D eigenvalue weighted by Crippen LogP contribution is -2.45. The van der Waals surface area contributed by atoms with E-state index in [9.17, 15) is 4.79 Å². The number of carbonyl (C=O) groups excluding carboxylic acids is 1. The SMILES string of the molecule is O=C(OCc1ccccc1)N1CCC(NCCCCCO)CC1. The van der Waals surface area contributed by atoms with Gasteiger partial charge in [-0.2, -0.15) is 0 Å². The molecule has 1 amide bonds. The molecule has 0 spiro atoms. The highest BCUT2D eigenvalue weighted by Gasteiger charge is 2.23. The molecule has 0 unspecified atom stereocenters. The third-order valence-electron chi connectivity index (χ3n) is 4.23. The highest BCUT2D eigenvalue weighted by Crippen LogP contribution is 2.12. The van der Waals surface area contributed by atoms with Crippen LogP contribution in [-0.4, -0.2) is 48.4 Å². The topological polar surface area (TPSA) is 61.8 Å².